The number of aromatic nitrogens is 1. The van der Waals surface area contributed by atoms with Gasteiger partial charge in [-0.1, -0.05) is 20.8 Å². The van der Waals surface area contributed by atoms with E-state index >= 15 is 0 Å². The molecule has 108 valence electrons. The van der Waals surface area contributed by atoms with Crippen LogP contribution in [0, 0.1) is 0 Å². The Hall–Kier alpha value is -0.650. The summed E-state index contributed by atoms with van der Waals surface area (Å²) in [5, 5.41) is 4.66. The Bertz CT molecular complexity index is 386. The van der Waals surface area contributed by atoms with Crippen LogP contribution in [-0.2, 0) is 11.3 Å². The Balaban J connectivity index is 2.09. The summed E-state index contributed by atoms with van der Waals surface area (Å²) in [7, 11) is 0. The molecule has 1 aromatic rings. The smallest absolute Gasteiger partial charge is 0.185 e. The maximum atomic E-state index is 5.41. The van der Waals surface area contributed by atoms with Gasteiger partial charge in [0.15, 0.2) is 5.13 Å². The van der Waals surface area contributed by atoms with E-state index in [1.54, 1.807) is 0 Å². The summed E-state index contributed by atoms with van der Waals surface area (Å²) in [6.07, 6.45) is 1.17. The molecule has 0 amide bonds. The Morgan fingerprint density at radius 2 is 2.11 bits per heavy atom. The number of rotatable bonds is 6. The zero-order valence-electron chi connectivity index (χ0n) is 12.2. The highest BCUT2D eigenvalue weighted by atomic mass is 32.1. The minimum atomic E-state index is 0.490. The lowest BCUT2D eigenvalue weighted by Gasteiger charge is -2.26. The summed E-state index contributed by atoms with van der Waals surface area (Å²) in [6, 6.07) is 0. The number of morpholine rings is 1. The first-order valence-electron chi connectivity index (χ1n) is 7.25. The fourth-order valence-corrected chi connectivity index (χ4v) is 3.43. The minimum Gasteiger partial charge on any atom is -0.378 e. The molecule has 0 aromatic carbocycles. The lowest BCUT2D eigenvalue weighted by atomic mass is 10.1. The summed E-state index contributed by atoms with van der Waals surface area (Å²) < 4.78 is 5.41. The van der Waals surface area contributed by atoms with Crippen molar-refractivity contribution >= 4 is 16.5 Å². The van der Waals surface area contributed by atoms with Gasteiger partial charge in [0.05, 0.1) is 18.9 Å². The van der Waals surface area contributed by atoms with Crippen molar-refractivity contribution in [1.82, 2.24) is 10.3 Å². The highest BCUT2D eigenvalue weighted by molar-refractivity contribution is 7.15. The number of hydrogen-bond acceptors (Lipinski definition) is 5. The molecule has 0 aliphatic carbocycles. The number of ether oxygens (including phenoxy) is 1. The topological polar surface area (TPSA) is 37.4 Å². The van der Waals surface area contributed by atoms with Crippen molar-refractivity contribution in [2.24, 2.45) is 0 Å². The van der Waals surface area contributed by atoms with Gasteiger partial charge in [0, 0.05) is 24.5 Å². The van der Waals surface area contributed by atoms with Gasteiger partial charge in [0.2, 0.25) is 0 Å². The van der Waals surface area contributed by atoms with Crippen LogP contribution in [0.25, 0.3) is 0 Å². The summed E-state index contributed by atoms with van der Waals surface area (Å²) in [4.78, 5) is 8.61. The Labute approximate surface area is 120 Å². The molecule has 2 heterocycles. The molecule has 0 radical (unpaired) electrons. The van der Waals surface area contributed by atoms with E-state index in [2.05, 4.69) is 31.0 Å². The van der Waals surface area contributed by atoms with Crippen molar-refractivity contribution in [3.8, 4) is 0 Å². The zero-order valence-corrected chi connectivity index (χ0v) is 13.1. The van der Waals surface area contributed by atoms with E-state index in [1.807, 2.05) is 11.3 Å². The van der Waals surface area contributed by atoms with E-state index in [-0.39, 0.29) is 0 Å². The summed E-state index contributed by atoms with van der Waals surface area (Å²) in [5.41, 5.74) is 1.26. The van der Waals surface area contributed by atoms with E-state index < -0.39 is 0 Å². The molecular weight excluding hydrogens is 258 g/mol. The molecule has 0 saturated carbocycles. The fraction of sp³-hybridized carbons (Fsp3) is 0.786. The molecule has 0 spiro atoms. The van der Waals surface area contributed by atoms with Gasteiger partial charge < -0.3 is 15.0 Å². The van der Waals surface area contributed by atoms with Gasteiger partial charge >= 0.3 is 0 Å². The van der Waals surface area contributed by atoms with Crippen LogP contribution < -0.4 is 10.2 Å². The SMILES string of the molecule is CCCNCc1sc(N2CCOCC2)nc1C(C)C. The third-order valence-electron chi connectivity index (χ3n) is 3.26. The van der Waals surface area contributed by atoms with Crippen LogP contribution in [0.15, 0.2) is 0 Å². The number of nitrogens with one attached hydrogen (secondary N) is 1. The Morgan fingerprint density at radius 3 is 2.74 bits per heavy atom. The second-order valence-corrected chi connectivity index (χ2v) is 6.30. The third kappa shape index (κ3) is 3.91. The largest absolute Gasteiger partial charge is 0.378 e. The number of anilines is 1. The molecule has 0 atom stereocenters. The van der Waals surface area contributed by atoms with Crippen molar-refractivity contribution in [1.29, 1.82) is 0 Å². The molecule has 0 bridgehead atoms. The van der Waals surface area contributed by atoms with E-state index in [0.717, 1.165) is 39.4 Å². The molecule has 0 unspecified atom stereocenters. The molecule has 1 N–H and O–H groups in total. The molecule has 1 aliphatic rings. The third-order valence-corrected chi connectivity index (χ3v) is 4.39. The maximum Gasteiger partial charge on any atom is 0.185 e. The van der Waals surface area contributed by atoms with Crippen LogP contribution in [-0.4, -0.2) is 37.8 Å². The molecule has 2 rings (SSSR count). The Morgan fingerprint density at radius 1 is 1.37 bits per heavy atom. The summed E-state index contributed by atoms with van der Waals surface area (Å²) in [6.45, 7) is 12.2. The fourth-order valence-electron chi connectivity index (χ4n) is 2.20. The predicted molar refractivity (Wildman–Crippen MR) is 81.2 cm³/mol. The average molecular weight is 283 g/mol. The second kappa shape index (κ2) is 7.22. The van der Waals surface area contributed by atoms with E-state index in [1.165, 1.54) is 22.1 Å². The van der Waals surface area contributed by atoms with E-state index in [0.29, 0.717) is 5.92 Å². The Kier molecular flexibility index (Phi) is 5.60. The predicted octanol–water partition coefficient (Wildman–Crippen LogP) is 2.60. The lowest BCUT2D eigenvalue weighted by molar-refractivity contribution is 0.122. The van der Waals surface area contributed by atoms with Crippen molar-refractivity contribution in [2.45, 2.75) is 39.7 Å². The van der Waals surface area contributed by atoms with Crippen LogP contribution >= 0.6 is 11.3 Å². The van der Waals surface area contributed by atoms with Crippen molar-refractivity contribution in [2.75, 3.05) is 37.7 Å². The van der Waals surface area contributed by atoms with Gasteiger partial charge in [-0.3, -0.25) is 0 Å². The normalized spacial score (nSPS) is 16.3. The van der Waals surface area contributed by atoms with Gasteiger partial charge in [-0.15, -0.1) is 11.3 Å². The van der Waals surface area contributed by atoms with Crippen molar-refractivity contribution in [3.05, 3.63) is 10.6 Å². The van der Waals surface area contributed by atoms with Crippen LogP contribution in [0.3, 0.4) is 0 Å². The second-order valence-electron chi connectivity index (χ2n) is 5.24. The first-order valence-corrected chi connectivity index (χ1v) is 8.07. The number of hydrogen-bond donors (Lipinski definition) is 1. The van der Waals surface area contributed by atoms with Crippen molar-refractivity contribution in [3.63, 3.8) is 0 Å². The molecule has 1 fully saturated rings. The first-order chi connectivity index (χ1) is 9.22. The summed E-state index contributed by atoms with van der Waals surface area (Å²) >= 11 is 1.84. The number of nitrogens with zero attached hydrogens (tertiary/aromatic N) is 2. The standard InChI is InChI=1S/C14H25N3OS/c1-4-5-15-10-12-13(11(2)3)16-14(19-12)17-6-8-18-9-7-17/h11,15H,4-10H2,1-3H3. The van der Waals surface area contributed by atoms with Crippen molar-refractivity contribution < 1.29 is 4.74 Å². The van der Waals surface area contributed by atoms with E-state index in [4.69, 9.17) is 9.72 Å². The quantitative estimate of drug-likeness (QED) is 0.814. The molecule has 5 heteroatoms. The van der Waals surface area contributed by atoms with Crippen LogP contribution in [0.5, 0.6) is 0 Å². The van der Waals surface area contributed by atoms with Gasteiger partial charge in [0.25, 0.3) is 0 Å². The minimum absolute atomic E-state index is 0.490. The van der Waals surface area contributed by atoms with Crippen LogP contribution in [0.1, 0.15) is 43.7 Å². The van der Waals surface area contributed by atoms with Gasteiger partial charge in [-0.2, -0.15) is 0 Å². The monoisotopic (exact) mass is 283 g/mol. The molecule has 1 aliphatic heterocycles. The highest BCUT2D eigenvalue weighted by Gasteiger charge is 2.19. The average Bonchev–Trinajstić information content (AvgIpc) is 2.84. The highest BCUT2D eigenvalue weighted by Crippen LogP contribution is 2.31. The molecular formula is C14H25N3OS. The molecule has 19 heavy (non-hydrogen) atoms. The van der Waals surface area contributed by atoms with Gasteiger partial charge in [-0.05, 0) is 18.9 Å². The summed E-state index contributed by atoms with van der Waals surface area (Å²) in [5.74, 6) is 0.490. The molecule has 1 saturated heterocycles. The molecule has 1 aromatic heterocycles. The van der Waals surface area contributed by atoms with Crippen LogP contribution in [0.4, 0.5) is 5.13 Å². The van der Waals surface area contributed by atoms with Gasteiger partial charge in [0.1, 0.15) is 0 Å². The van der Waals surface area contributed by atoms with Crippen LogP contribution in [0.2, 0.25) is 0 Å². The first kappa shape index (κ1) is 14.8. The molecule has 4 nitrogen and oxygen atoms in total. The lowest BCUT2D eigenvalue weighted by Crippen LogP contribution is -2.36. The van der Waals surface area contributed by atoms with Gasteiger partial charge in [-0.25, -0.2) is 4.98 Å². The zero-order chi connectivity index (χ0) is 13.7. The van der Waals surface area contributed by atoms with E-state index in [9.17, 15) is 0 Å². The maximum absolute atomic E-state index is 5.41. The number of thiazole rings is 1.